The Balaban J connectivity index is 1.70. The zero-order valence-electron chi connectivity index (χ0n) is 18.5. The lowest BCUT2D eigenvalue weighted by atomic mass is 10.2. The van der Waals surface area contributed by atoms with Gasteiger partial charge in [-0.3, -0.25) is 9.69 Å². The minimum absolute atomic E-state index is 0.0498. The molecule has 0 bridgehead atoms. The molecule has 2 heterocycles. The Kier molecular flexibility index (Phi) is 6.94. The molecule has 1 fully saturated rings. The molecule has 0 radical (unpaired) electrons. The lowest BCUT2D eigenvalue weighted by Crippen LogP contribution is -2.49. The van der Waals surface area contributed by atoms with Crippen LogP contribution in [-0.2, 0) is 14.8 Å². The van der Waals surface area contributed by atoms with Crippen LogP contribution in [0.25, 0.3) is 10.2 Å². The fraction of sp³-hybridized carbons (Fsp3) is 0.364. The molecule has 0 aliphatic carbocycles. The number of carbonyl (C=O) groups is 1. The van der Waals surface area contributed by atoms with Crippen LogP contribution in [0.1, 0.15) is 12.8 Å². The molecule has 12 heteroatoms. The van der Waals surface area contributed by atoms with Crippen LogP contribution in [0.15, 0.2) is 41.3 Å². The maximum atomic E-state index is 14.3. The highest BCUT2D eigenvalue weighted by Gasteiger charge is 2.42. The Labute approximate surface area is 199 Å². The molecular weight excluding hydrogens is 489 g/mol. The molecule has 1 atom stereocenters. The van der Waals surface area contributed by atoms with Crippen molar-refractivity contribution in [3.05, 3.63) is 53.8 Å². The lowest BCUT2D eigenvalue weighted by molar-refractivity contribution is -0.121. The summed E-state index contributed by atoms with van der Waals surface area (Å²) in [7, 11) is -0.419. The van der Waals surface area contributed by atoms with Crippen LogP contribution < -0.4 is 4.90 Å². The highest BCUT2D eigenvalue weighted by molar-refractivity contribution is 7.89. The van der Waals surface area contributed by atoms with Crippen molar-refractivity contribution in [3.8, 4) is 0 Å². The zero-order valence-corrected chi connectivity index (χ0v) is 20.2. The molecule has 1 saturated heterocycles. The number of anilines is 1. The van der Waals surface area contributed by atoms with Crippen LogP contribution in [0, 0.1) is 17.5 Å². The van der Waals surface area contributed by atoms with E-state index in [9.17, 15) is 26.4 Å². The SMILES string of the molecule is CN(C)CCN(C(=O)C1CCCN1S(=O)(=O)c1ccc(F)cc1)c1nc2c(F)cc(F)cc2s1. The average molecular weight is 513 g/mol. The first-order valence-electron chi connectivity index (χ1n) is 10.6. The van der Waals surface area contributed by atoms with Gasteiger partial charge in [-0.15, -0.1) is 0 Å². The van der Waals surface area contributed by atoms with Gasteiger partial charge in [0.05, 0.1) is 9.60 Å². The fourth-order valence-electron chi connectivity index (χ4n) is 3.86. The van der Waals surface area contributed by atoms with Gasteiger partial charge in [-0.25, -0.2) is 26.6 Å². The van der Waals surface area contributed by atoms with Gasteiger partial charge in [0.2, 0.25) is 15.9 Å². The van der Waals surface area contributed by atoms with E-state index in [0.29, 0.717) is 19.4 Å². The summed E-state index contributed by atoms with van der Waals surface area (Å²) in [5.74, 6) is -2.65. The minimum Gasteiger partial charge on any atom is -0.308 e. The number of rotatable bonds is 7. The summed E-state index contributed by atoms with van der Waals surface area (Å²) in [6.45, 7) is 0.754. The molecule has 2 aromatic carbocycles. The molecule has 4 rings (SSSR count). The molecule has 1 amide bonds. The number of hydrogen-bond acceptors (Lipinski definition) is 6. The maximum absolute atomic E-state index is 14.3. The first kappa shape index (κ1) is 24.6. The van der Waals surface area contributed by atoms with E-state index in [1.807, 2.05) is 19.0 Å². The number of aromatic nitrogens is 1. The third-order valence-electron chi connectivity index (χ3n) is 5.58. The summed E-state index contributed by atoms with van der Waals surface area (Å²) in [6.07, 6.45) is 0.768. The zero-order chi connectivity index (χ0) is 24.6. The van der Waals surface area contributed by atoms with E-state index in [0.717, 1.165) is 39.9 Å². The number of carbonyl (C=O) groups excluding carboxylic acids is 1. The van der Waals surface area contributed by atoms with Crippen LogP contribution in [0.4, 0.5) is 18.3 Å². The van der Waals surface area contributed by atoms with Crippen LogP contribution in [0.2, 0.25) is 0 Å². The summed E-state index contributed by atoms with van der Waals surface area (Å²) in [4.78, 5) is 21.0. The van der Waals surface area contributed by atoms with Gasteiger partial charge >= 0.3 is 0 Å². The normalized spacial score (nSPS) is 17.1. The third kappa shape index (κ3) is 4.81. The first-order valence-corrected chi connectivity index (χ1v) is 12.8. The van der Waals surface area contributed by atoms with E-state index in [1.54, 1.807) is 0 Å². The van der Waals surface area contributed by atoms with Crippen molar-refractivity contribution >= 4 is 42.6 Å². The number of likely N-dealkylation sites (N-methyl/N-ethyl adjacent to an activating group) is 1. The minimum atomic E-state index is -4.05. The van der Waals surface area contributed by atoms with Crippen molar-refractivity contribution in [2.45, 2.75) is 23.8 Å². The Bertz CT molecular complexity index is 1310. The van der Waals surface area contributed by atoms with E-state index < -0.39 is 39.4 Å². The van der Waals surface area contributed by atoms with Gasteiger partial charge in [-0.1, -0.05) is 11.3 Å². The van der Waals surface area contributed by atoms with E-state index in [-0.39, 0.29) is 33.3 Å². The van der Waals surface area contributed by atoms with Gasteiger partial charge in [0.1, 0.15) is 23.2 Å². The van der Waals surface area contributed by atoms with Crippen LogP contribution >= 0.6 is 11.3 Å². The number of thiazole rings is 1. The standard InChI is InChI=1S/C22H23F3N4O3S2/c1-27(2)10-11-28(22-26-20-17(25)12-15(24)13-19(20)33-22)21(30)18-4-3-9-29(18)34(31,32)16-7-5-14(23)6-8-16/h5-8,12-13,18H,3-4,9-11H2,1-2H3. The molecule has 0 saturated carbocycles. The van der Waals surface area contributed by atoms with Gasteiger partial charge in [-0.05, 0) is 57.3 Å². The van der Waals surface area contributed by atoms with Crippen molar-refractivity contribution in [3.63, 3.8) is 0 Å². The Morgan fingerprint density at radius 3 is 2.50 bits per heavy atom. The van der Waals surface area contributed by atoms with E-state index in [1.165, 1.54) is 17.0 Å². The summed E-state index contributed by atoms with van der Waals surface area (Å²) < 4.78 is 69.1. The first-order chi connectivity index (χ1) is 16.1. The van der Waals surface area contributed by atoms with Gasteiger partial charge in [0, 0.05) is 25.7 Å². The fourth-order valence-corrected chi connectivity index (χ4v) is 6.54. The van der Waals surface area contributed by atoms with Gasteiger partial charge < -0.3 is 4.90 Å². The monoisotopic (exact) mass is 512 g/mol. The van der Waals surface area contributed by atoms with Gasteiger partial charge in [0.15, 0.2) is 10.9 Å². The lowest BCUT2D eigenvalue weighted by Gasteiger charge is -2.29. The Hall–Kier alpha value is -2.54. The number of halogens is 3. The molecule has 0 N–H and O–H groups in total. The highest BCUT2D eigenvalue weighted by Crippen LogP contribution is 2.34. The highest BCUT2D eigenvalue weighted by atomic mass is 32.2. The molecule has 1 aliphatic heterocycles. The van der Waals surface area contributed by atoms with Crippen molar-refractivity contribution < 1.29 is 26.4 Å². The largest absolute Gasteiger partial charge is 0.308 e. The molecule has 34 heavy (non-hydrogen) atoms. The number of fused-ring (bicyclic) bond motifs is 1. The molecular formula is C22H23F3N4O3S2. The molecule has 3 aromatic rings. The Morgan fingerprint density at radius 1 is 1.12 bits per heavy atom. The molecule has 182 valence electrons. The second-order valence-corrected chi connectivity index (χ2v) is 11.2. The second kappa shape index (κ2) is 9.61. The molecule has 1 aromatic heterocycles. The van der Waals surface area contributed by atoms with Crippen molar-refractivity contribution in [1.82, 2.24) is 14.2 Å². The number of amides is 1. The quantitative estimate of drug-likeness (QED) is 0.485. The predicted molar refractivity (Wildman–Crippen MR) is 124 cm³/mol. The molecule has 1 unspecified atom stereocenters. The predicted octanol–water partition coefficient (Wildman–Crippen LogP) is 3.46. The smallest absolute Gasteiger partial charge is 0.247 e. The Morgan fingerprint density at radius 2 is 1.82 bits per heavy atom. The molecule has 7 nitrogen and oxygen atoms in total. The topological polar surface area (TPSA) is 73.8 Å². The second-order valence-electron chi connectivity index (χ2n) is 8.25. The van der Waals surface area contributed by atoms with Crippen molar-refractivity contribution in [2.75, 3.05) is 38.6 Å². The van der Waals surface area contributed by atoms with Crippen LogP contribution in [0.5, 0.6) is 0 Å². The van der Waals surface area contributed by atoms with Crippen molar-refractivity contribution in [1.29, 1.82) is 0 Å². The van der Waals surface area contributed by atoms with Gasteiger partial charge in [0.25, 0.3) is 0 Å². The van der Waals surface area contributed by atoms with Gasteiger partial charge in [-0.2, -0.15) is 4.31 Å². The summed E-state index contributed by atoms with van der Waals surface area (Å²) in [5, 5.41) is 0.164. The number of benzene rings is 2. The summed E-state index contributed by atoms with van der Waals surface area (Å²) in [6, 6.07) is 5.32. The summed E-state index contributed by atoms with van der Waals surface area (Å²) in [5.41, 5.74) is -0.0498. The molecule has 0 spiro atoms. The van der Waals surface area contributed by atoms with Crippen LogP contribution in [-0.4, -0.2) is 68.3 Å². The maximum Gasteiger partial charge on any atom is 0.247 e. The summed E-state index contributed by atoms with van der Waals surface area (Å²) >= 11 is 0.965. The molecule has 1 aliphatic rings. The number of nitrogens with zero attached hydrogens (tertiary/aromatic N) is 4. The number of sulfonamides is 1. The number of hydrogen-bond donors (Lipinski definition) is 0. The van der Waals surface area contributed by atoms with Crippen LogP contribution in [0.3, 0.4) is 0 Å². The van der Waals surface area contributed by atoms with Crippen molar-refractivity contribution in [2.24, 2.45) is 0 Å². The third-order valence-corrected chi connectivity index (χ3v) is 8.53. The van der Waals surface area contributed by atoms with E-state index >= 15 is 0 Å². The van der Waals surface area contributed by atoms with E-state index in [4.69, 9.17) is 0 Å². The average Bonchev–Trinajstić information content (AvgIpc) is 3.42. The van der Waals surface area contributed by atoms with E-state index in [2.05, 4.69) is 4.98 Å².